The van der Waals surface area contributed by atoms with Crippen molar-refractivity contribution in [3.63, 3.8) is 0 Å². The Morgan fingerprint density at radius 3 is 2.79 bits per heavy atom. The summed E-state index contributed by atoms with van der Waals surface area (Å²) in [6.45, 7) is 3.10. The van der Waals surface area contributed by atoms with Crippen LogP contribution < -0.4 is 16.3 Å². The number of H-pyrrole nitrogens is 1. The van der Waals surface area contributed by atoms with Crippen LogP contribution in [-0.4, -0.2) is 35.1 Å². The van der Waals surface area contributed by atoms with Gasteiger partial charge in [-0.15, -0.1) is 12.4 Å². The second-order valence-corrected chi connectivity index (χ2v) is 6.18. The normalized spacial score (nSPS) is 15.2. The van der Waals surface area contributed by atoms with E-state index in [0.29, 0.717) is 25.4 Å². The molecule has 6 nitrogen and oxygen atoms in total. The van der Waals surface area contributed by atoms with E-state index in [4.69, 9.17) is 0 Å². The van der Waals surface area contributed by atoms with Crippen molar-refractivity contribution in [2.24, 2.45) is 5.92 Å². The van der Waals surface area contributed by atoms with Crippen LogP contribution in [0.4, 0.5) is 0 Å². The number of aromatic amines is 1. The molecule has 0 unspecified atom stereocenters. The molecular weight excluding hydrogens is 328 g/mol. The van der Waals surface area contributed by atoms with Gasteiger partial charge < -0.3 is 15.6 Å². The summed E-state index contributed by atoms with van der Waals surface area (Å²) in [7, 11) is 0. The number of piperidine rings is 1. The average Bonchev–Trinajstić information content (AvgIpc) is 2.90. The van der Waals surface area contributed by atoms with E-state index < -0.39 is 0 Å². The van der Waals surface area contributed by atoms with Crippen molar-refractivity contribution < 1.29 is 4.79 Å². The molecule has 1 aromatic carbocycles. The number of nitrogens with zero attached hydrogens (tertiary/aromatic N) is 1. The van der Waals surface area contributed by atoms with Gasteiger partial charge in [-0.25, -0.2) is 4.79 Å². The highest BCUT2D eigenvalue weighted by Crippen LogP contribution is 2.17. The Morgan fingerprint density at radius 1 is 1.25 bits per heavy atom. The lowest BCUT2D eigenvalue weighted by Gasteiger charge is -2.22. The summed E-state index contributed by atoms with van der Waals surface area (Å²) in [5.41, 5.74) is 1.58. The number of hydrogen-bond acceptors (Lipinski definition) is 3. The Balaban J connectivity index is 0.00000208. The summed E-state index contributed by atoms with van der Waals surface area (Å²) in [5, 5.41) is 6.26. The highest BCUT2D eigenvalue weighted by Gasteiger charge is 2.14. The summed E-state index contributed by atoms with van der Waals surface area (Å²) < 4.78 is 1.67. The highest BCUT2D eigenvalue weighted by molar-refractivity contribution is 5.85. The molecule has 1 fully saturated rings. The minimum Gasteiger partial charge on any atom is -0.354 e. The molecule has 1 aromatic heterocycles. The van der Waals surface area contributed by atoms with Crippen LogP contribution in [0, 0.1) is 5.92 Å². The summed E-state index contributed by atoms with van der Waals surface area (Å²) in [6, 6.07) is 7.59. The monoisotopic (exact) mass is 352 g/mol. The number of imidazole rings is 1. The number of halogens is 1. The third-order valence-corrected chi connectivity index (χ3v) is 4.58. The first-order chi connectivity index (χ1) is 11.2. The van der Waals surface area contributed by atoms with Gasteiger partial charge in [0.2, 0.25) is 5.91 Å². The number of carbonyl (C=O) groups is 1. The predicted molar refractivity (Wildman–Crippen MR) is 97.6 cm³/mol. The van der Waals surface area contributed by atoms with Crippen LogP contribution in [0.5, 0.6) is 0 Å². The summed E-state index contributed by atoms with van der Waals surface area (Å²) in [6.07, 6.45) is 3.87. The lowest BCUT2D eigenvalue weighted by Crippen LogP contribution is -2.31. The number of aromatic nitrogens is 2. The van der Waals surface area contributed by atoms with Gasteiger partial charge in [0, 0.05) is 19.5 Å². The van der Waals surface area contributed by atoms with Crippen molar-refractivity contribution in [1.82, 2.24) is 20.2 Å². The van der Waals surface area contributed by atoms with Crippen molar-refractivity contribution in [3.8, 4) is 0 Å². The molecule has 0 radical (unpaired) electrons. The SMILES string of the molecule is Cl.O=C(CCC1CCNCC1)NCCn1c(=O)[nH]c2ccccc21. The number of carbonyl (C=O) groups excluding carboxylic acids is 1. The molecule has 0 spiro atoms. The Morgan fingerprint density at radius 2 is 2.00 bits per heavy atom. The maximum Gasteiger partial charge on any atom is 0.326 e. The molecule has 1 aliphatic rings. The lowest BCUT2D eigenvalue weighted by molar-refractivity contribution is -0.121. The minimum atomic E-state index is -0.129. The van der Waals surface area contributed by atoms with E-state index in [9.17, 15) is 9.59 Å². The van der Waals surface area contributed by atoms with Gasteiger partial charge >= 0.3 is 5.69 Å². The van der Waals surface area contributed by atoms with Gasteiger partial charge in [-0.05, 0) is 50.4 Å². The van der Waals surface area contributed by atoms with Crippen LogP contribution in [0.15, 0.2) is 29.1 Å². The largest absolute Gasteiger partial charge is 0.354 e. The molecule has 0 bridgehead atoms. The molecule has 2 aromatic rings. The van der Waals surface area contributed by atoms with Gasteiger partial charge in [-0.3, -0.25) is 9.36 Å². The summed E-state index contributed by atoms with van der Waals surface area (Å²) in [5.74, 6) is 0.745. The second kappa shape index (κ2) is 8.89. The molecule has 0 atom stereocenters. The molecule has 3 rings (SSSR count). The highest BCUT2D eigenvalue weighted by atomic mass is 35.5. The van der Waals surface area contributed by atoms with E-state index in [1.165, 1.54) is 0 Å². The van der Waals surface area contributed by atoms with Crippen LogP contribution in [0.3, 0.4) is 0 Å². The van der Waals surface area contributed by atoms with Gasteiger partial charge in [-0.1, -0.05) is 12.1 Å². The smallest absolute Gasteiger partial charge is 0.326 e. The zero-order valence-electron chi connectivity index (χ0n) is 13.7. The number of benzene rings is 1. The number of para-hydroxylation sites is 2. The van der Waals surface area contributed by atoms with Crippen molar-refractivity contribution in [1.29, 1.82) is 0 Å². The van der Waals surface area contributed by atoms with Crippen LogP contribution in [0.1, 0.15) is 25.7 Å². The maximum atomic E-state index is 11.9. The van der Waals surface area contributed by atoms with Crippen LogP contribution >= 0.6 is 12.4 Å². The maximum absolute atomic E-state index is 11.9. The van der Waals surface area contributed by atoms with Gasteiger partial charge in [0.05, 0.1) is 11.0 Å². The Labute approximate surface area is 147 Å². The summed E-state index contributed by atoms with van der Waals surface area (Å²) in [4.78, 5) is 26.7. The molecule has 24 heavy (non-hydrogen) atoms. The van der Waals surface area contributed by atoms with Gasteiger partial charge in [0.1, 0.15) is 0 Å². The fourth-order valence-corrected chi connectivity index (χ4v) is 3.23. The van der Waals surface area contributed by atoms with Crippen LogP contribution in [0.2, 0.25) is 0 Å². The Bertz CT molecular complexity index is 719. The molecule has 0 aliphatic carbocycles. The van der Waals surface area contributed by atoms with E-state index in [2.05, 4.69) is 15.6 Å². The molecule has 1 aliphatic heterocycles. The molecule has 2 heterocycles. The topological polar surface area (TPSA) is 78.9 Å². The molecule has 0 saturated carbocycles. The zero-order chi connectivity index (χ0) is 16.1. The van der Waals surface area contributed by atoms with Crippen molar-refractivity contribution >= 4 is 29.3 Å². The third-order valence-electron chi connectivity index (χ3n) is 4.58. The fraction of sp³-hybridized carbons (Fsp3) is 0.529. The van der Waals surface area contributed by atoms with Crippen molar-refractivity contribution in [2.45, 2.75) is 32.2 Å². The minimum absolute atomic E-state index is 0. The lowest BCUT2D eigenvalue weighted by atomic mass is 9.93. The summed E-state index contributed by atoms with van der Waals surface area (Å²) >= 11 is 0. The molecule has 1 amide bonds. The fourth-order valence-electron chi connectivity index (χ4n) is 3.23. The standard InChI is InChI=1S/C17H24N4O2.ClH/c22-16(6-5-13-7-9-18-10-8-13)19-11-12-21-15-4-2-1-3-14(15)20-17(21)23;/h1-4,13,18H,5-12H2,(H,19,22)(H,20,23);1H. The number of nitrogens with one attached hydrogen (secondary N) is 3. The van der Waals surface area contributed by atoms with E-state index in [1.807, 2.05) is 24.3 Å². The molecule has 7 heteroatoms. The molecular formula is C17H25ClN4O2. The quantitative estimate of drug-likeness (QED) is 0.739. The zero-order valence-corrected chi connectivity index (χ0v) is 14.5. The first-order valence-corrected chi connectivity index (χ1v) is 8.39. The number of amides is 1. The van der Waals surface area contributed by atoms with Gasteiger partial charge in [0.15, 0.2) is 0 Å². The van der Waals surface area contributed by atoms with E-state index >= 15 is 0 Å². The first-order valence-electron chi connectivity index (χ1n) is 8.39. The van der Waals surface area contributed by atoms with Crippen LogP contribution in [-0.2, 0) is 11.3 Å². The van der Waals surface area contributed by atoms with Crippen LogP contribution in [0.25, 0.3) is 11.0 Å². The van der Waals surface area contributed by atoms with Crippen molar-refractivity contribution in [2.75, 3.05) is 19.6 Å². The van der Waals surface area contributed by atoms with E-state index in [1.54, 1.807) is 4.57 Å². The van der Waals surface area contributed by atoms with E-state index in [0.717, 1.165) is 43.4 Å². The van der Waals surface area contributed by atoms with Gasteiger partial charge in [0.25, 0.3) is 0 Å². The number of rotatable bonds is 6. The van der Waals surface area contributed by atoms with Crippen molar-refractivity contribution in [3.05, 3.63) is 34.7 Å². The molecule has 132 valence electrons. The molecule has 3 N–H and O–H groups in total. The second-order valence-electron chi connectivity index (χ2n) is 6.18. The van der Waals surface area contributed by atoms with E-state index in [-0.39, 0.29) is 24.0 Å². The van der Waals surface area contributed by atoms with Gasteiger partial charge in [-0.2, -0.15) is 0 Å². The first kappa shape index (κ1) is 18.5. The average molecular weight is 353 g/mol. The number of fused-ring (bicyclic) bond motifs is 1. The third kappa shape index (κ3) is 4.61. The number of hydrogen-bond donors (Lipinski definition) is 3. The Hall–Kier alpha value is -1.79. The predicted octanol–water partition coefficient (Wildman–Crippen LogP) is 1.65. The Kier molecular flexibility index (Phi) is 6.87. The molecule has 1 saturated heterocycles.